The second kappa shape index (κ2) is 6.42. The Morgan fingerprint density at radius 1 is 1.26 bits per heavy atom. The molecule has 0 radical (unpaired) electrons. The highest BCUT2D eigenvalue weighted by atomic mass is 16.6. The van der Waals surface area contributed by atoms with Crippen molar-refractivity contribution in [2.24, 2.45) is 0 Å². The van der Waals surface area contributed by atoms with Gasteiger partial charge in [-0.15, -0.1) is 0 Å². The van der Waals surface area contributed by atoms with Crippen LogP contribution in [0.25, 0.3) is 0 Å². The van der Waals surface area contributed by atoms with Crippen molar-refractivity contribution < 1.29 is 9.47 Å². The van der Waals surface area contributed by atoms with Crippen LogP contribution in [0, 0.1) is 6.92 Å². The molecule has 1 aliphatic heterocycles. The predicted octanol–water partition coefficient (Wildman–Crippen LogP) is 4.45. The van der Waals surface area contributed by atoms with E-state index >= 15 is 0 Å². The lowest BCUT2D eigenvalue weighted by molar-refractivity contribution is 0.309. The summed E-state index contributed by atoms with van der Waals surface area (Å²) in [6.07, 6.45) is 4.23. The minimum Gasteiger partial charge on any atom is -0.493 e. The van der Waals surface area contributed by atoms with Crippen molar-refractivity contribution in [2.75, 3.05) is 6.61 Å². The maximum absolute atomic E-state index is 5.88. The molecule has 2 rings (SSSR count). The fourth-order valence-electron chi connectivity index (χ4n) is 2.62. The SMILES string of the molecule is CCCOc1ccc(C)cc1C(C)CC1OC1CC. The van der Waals surface area contributed by atoms with E-state index in [1.165, 1.54) is 11.1 Å². The Kier molecular flexibility index (Phi) is 4.87. The molecule has 1 saturated heterocycles. The van der Waals surface area contributed by atoms with Gasteiger partial charge in [0.25, 0.3) is 0 Å². The van der Waals surface area contributed by atoms with Crippen molar-refractivity contribution >= 4 is 0 Å². The summed E-state index contributed by atoms with van der Waals surface area (Å²) in [5, 5.41) is 0. The molecule has 1 fully saturated rings. The summed E-state index contributed by atoms with van der Waals surface area (Å²) in [5.74, 6) is 1.54. The van der Waals surface area contributed by atoms with E-state index in [4.69, 9.17) is 9.47 Å². The average Bonchev–Trinajstić information content (AvgIpc) is 3.15. The zero-order valence-corrected chi connectivity index (χ0v) is 12.6. The molecule has 3 atom stereocenters. The van der Waals surface area contributed by atoms with E-state index < -0.39 is 0 Å². The Morgan fingerprint density at radius 2 is 2.05 bits per heavy atom. The van der Waals surface area contributed by atoms with Gasteiger partial charge >= 0.3 is 0 Å². The lowest BCUT2D eigenvalue weighted by Crippen LogP contribution is -2.05. The van der Waals surface area contributed by atoms with Gasteiger partial charge < -0.3 is 9.47 Å². The molecule has 0 aliphatic carbocycles. The van der Waals surface area contributed by atoms with E-state index in [0.29, 0.717) is 18.1 Å². The highest BCUT2D eigenvalue weighted by molar-refractivity contribution is 5.39. The second-order valence-electron chi connectivity index (χ2n) is 5.65. The number of hydrogen-bond donors (Lipinski definition) is 0. The van der Waals surface area contributed by atoms with Gasteiger partial charge in [-0.2, -0.15) is 0 Å². The van der Waals surface area contributed by atoms with Crippen LogP contribution in [0.15, 0.2) is 18.2 Å². The van der Waals surface area contributed by atoms with Crippen LogP contribution in [0.2, 0.25) is 0 Å². The van der Waals surface area contributed by atoms with Gasteiger partial charge in [-0.25, -0.2) is 0 Å². The monoisotopic (exact) mass is 262 g/mol. The molecule has 3 unspecified atom stereocenters. The van der Waals surface area contributed by atoms with E-state index in [2.05, 4.69) is 45.9 Å². The van der Waals surface area contributed by atoms with Crippen LogP contribution < -0.4 is 4.74 Å². The molecule has 0 spiro atoms. The fraction of sp³-hybridized carbons (Fsp3) is 0.647. The summed E-state index contributed by atoms with van der Waals surface area (Å²) in [6, 6.07) is 6.50. The van der Waals surface area contributed by atoms with Crippen molar-refractivity contribution in [3.05, 3.63) is 29.3 Å². The van der Waals surface area contributed by atoms with Crippen LogP contribution in [-0.2, 0) is 4.74 Å². The Labute approximate surface area is 117 Å². The van der Waals surface area contributed by atoms with Crippen molar-refractivity contribution in [3.8, 4) is 5.75 Å². The van der Waals surface area contributed by atoms with Gasteiger partial charge in [0.15, 0.2) is 0 Å². The van der Waals surface area contributed by atoms with Crippen molar-refractivity contribution in [2.45, 2.75) is 65.1 Å². The highest BCUT2D eigenvalue weighted by Gasteiger charge is 2.38. The topological polar surface area (TPSA) is 21.8 Å². The van der Waals surface area contributed by atoms with Gasteiger partial charge in [-0.05, 0) is 43.7 Å². The molecule has 0 aromatic heterocycles. The zero-order valence-electron chi connectivity index (χ0n) is 12.6. The third-order valence-corrected chi connectivity index (χ3v) is 3.83. The lowest BCUT2D eigenvalue weighted by Gasteiger charge is -2.17. The van der Waals surface area contributed by atoms with Crippen LogP contribution in [0.3, 0.4) is 0 Å². The van der Waals surface area contributed by atoms with Crippen LogP contribution in [0.5, 0.6) is 5.75 Å². The molecule has 1 aromatic carbocycles. The molecular weight excluding hydrogens is 236 g/mol. The van der Waals surface area contributed by atoms with E-state index in [1.807, 2.05) is 0 Å². The zero-order chi connectivity index (χ0) is 13.8. The van der Waals surface area contributed by atoms with Gasteiger partial charge in [0.05, 0.1) is 18.8 Å². The second-order valence-corrected chi connectivity index (χ2v) is 5.65. The molecule has 106 valence electrons. The largest absolute Gasteiger partial charge is 0.493 e. The molecule has 1 heterocycles. The summed E-state index contributed by atoms with van der Waals surface area (Å²) in [4.78, 5) is 0. The normalized spacial score (nSPS) is 23.2. The minimum atomic E-state index is 0.458. The number of hydrogen-bond acceptors (Lipinski definition) is 2. The van der Waals surface area contributed by atoms with E-state index in [9.17, 15) is 0 Å². The third-order valence-electron chi connectivity index (χ3n) is 3.83. The van der Waals surface area contributed by atoms with Gasteiger partial charge in [0, 0.05) is 0 Å². The molecule has 1 aliphatic rings. The molecule has 0 N–H and O–H groups in total. The van der Waals surface area contributed by atoms with Crippen molar-refractivity contribution in [1.82, 2.24) is 0 Å². The summed E-state index contributed by atoms with van der Waals surface area (Å²) in [7, 11) is 0. The summed E-state index contributed by atoms with van der Waals surface area (Å²) < 4.78 is 11.5. The van der Waals surface area contributed by atoms with Gasteiger partial charge in [0.2, 0.25) is 0 Å². The van der Waals surface area contributed by atoms with Gasteiger partial charge in [-0.3, -0.25) is 0 Å². The third kappa shape index (κ3) is 3.73. The summed E-state index contributed by atoms with van der Waals surface area (Å²) >= 11 is 0. The molecule has 2 heteroatoms. The highest BCUT2D eigenvalue weighted by Crippen LogP contribution is 2.37. The van der Waals surface area contributed by atoms with Crippen LogP contribution in [-0.4, -0.2) is 18.8 Å². The van der Waals surface area contributed by atoms with Crippen LogP contribution in [0.4, 0.5) is 0 Å². The molecule has 2 nitrogen and oxygen atoms in total. The van der Waals surface area contributed by atoms with Crippen molar-refractivity contribution in [1.29, 1.82) is 0 Å². The smallest absolute Gasteiger partial charge is 0.122 e. The molecule has 0 amide bonds. The molecule has 0 bridgehead atoms. The Bertz CT molecular complexity index is 414. The number of ether oxygens (including phenoxy) is 2. The number of rotatable bonds is 7. The number of benzene rings is 1. The maximum Gasteiger partial charge on any atom is 0.122 e. The fourth-order valence-corrected chi connectivity index (χ4v) is 2.62. The number of epoxide rings is 1. The quantitative estimate of drug-likeness (QED) is 0.677. The summed E-state index contributed by atoms with van der Waals surface area (Å²) in [5.41, 5.74) is 2.63. The lowest BCUT2D eigenvalue weighted by atomic mass is 9.93. The number of aryl methyl sites for hydroxylation is 1. The first-order valence-electron chi connectivity index (χ1n) is 7.54. The van der Waals surface area contributed by atoms with Gasteiger partial charge in [-0.1, -0.05) is 38.5 Å². The standard InChI is InChI=1S/C17H26O2/c1-5-9-18-16-8-7-12(3)10-14(16)13(4)11-17-15(6-2)19-17/h7-8,10,13,15,17H,5-6,9,11H2,1-4H3. The molecule has 0 saturated carbocycles. The van der Waals surface area contributed by atoms with Gasteiger partial charge in [0.1, 0.15) is 5.75 Å². The maximum atomic E-state index is 5.88. The average molecular weight is 262 g/mol. The van der Waals surface area contributed by atoms with E-state index in [1.54, 1.807) is 0 Å². The minimum absolute atomic E-state index is 0.458. The summed E-state index contributed by atoms with van der Waals surface area (Å²) in [6.45, 7) is 9.55. The van der Waals surface area contributed by atoms with E-state index in [0.717, 1.165) is 31.6 Å². The Hall–Kier alpha value is -1.02. The van der Waals surface area contributed by atoms with E-state index in [-0.39, 0.29) is 0 Å². The first-order chi connectivity index (χ1) is 9.15. The Balaban J connectivity index is 2.05. The van der Waals surface area contributed by atoms with Crippen molar-refractivity contribution in [3.63, 3.8) is 0 Å². The first kappa shape index (κ1) is 14.4. The van der Waals surface area contributed by atoms with Crippen LogP contribution >= 0.6 is 0 Å². The van der Waals surface area contributed by atoms with Crippen LogP contribution in [0.1, 0.15) is 57.1 Å². The molecular formula is C17H26O2. The Morgan fingerprint density at radius 3 is 2.68 bits per heavy atom. The predicted molar refractivity (Wildman–Crippen MR) is 78.9 cm³/mol. The molecule has 1 aromatic rings. The molecule has 19 heavy (non-hydrogen) atoms. The first-order valence-corrected chi connectivity index (χ1v) is 7.54.